The molecule has 0 amide bonds. The van der Waals surface area contributed by atoms with Crippen molar-refractivity contribution in [1.29, 1.82) is 0 Å². The summed E-state index contributed by atoms with van der Waals surface area (Å²) in [5.74, 6) is -3.81. The van der Waals surface area contributed by atoms with Crippen molar-refractivity contribution in [2.24, 2.45) is 0 Å². The first-order chi connectivity index (χ1) is 8.40. The Balaban J connectivity index is 2.83. The zero-order chi connectivity index (χ0) is 13.4. The predicted molar refractivity (Wildman–Crippen MR) is 56.9 cm³/mol. The summed E-state index contributed by atoms with van der Waals surface area (Å²) in [7, 11) is 0. The van der Waals surface area contributed by atoms with Crippen molar-refractivity contribution in [2.75, 3.05) is 0 Å². The molecule has 0 saturated carbocycles. The first kappa shape index (κ1) is 12.5. The van der Waals surface area contributed by atoms with Crippen molar-refractivity contribution >= 4 is 10.8 Å². The number of aryl methyl sites for hydroxylation is 1. The van der Waals surface area contributed by atoms with E-state index in [0.29, 0.717) is 5.56 Å². The molecule has 2 rings (SSSR count). The van der Waals surface area contributed by atoms with Crippen LogP contribution in [0.1, 0.15) is 5.56 Å². The first-order valence-corrected chi connectivity index (χ1v) is 4.96. The lowest BCUT2D eigenvalue weighted by Crippen LogP contribution is -2.06. The summed E-state index contributed by atoms with van der Waals surface area (Å²) in [6.07, 6.45) is 0. The molecule has 6 heteroatoms. The Morgan fingerprint density at radius 1 is 1.17 bits per heavy atom. The number of fused-ring (bicyclic) bond motifs is 1. The van der Waals surface area contributed by atoms with E-state index < -0.39 is 24.0 Å². The highest BCUT2D eigenvalue weighted by molar-refractivity contribution is 5.92. The van der Waals surface area contributed by atoms with Gasteiger partial charge in [-0.3, -0.25) is 0 Å². The van der Waals surface area contributed by atoms with Crippen molar-refractivity contribution in [1.82, 2.24) is 0 Å². The molecule has 96 valence electrons. The van der Waals surface area contributed by atoms with Gasteiger partial charge in [-0.05, 0) is 36.1 Å². The minimum atomic E-state index is -3.27. The lowest BCUT2D eigenvalue weighted by Gasteiger charge is -2.12. The van der Waals surface area contributed by atoms with Gasteiger partial charge in [-0.2, -0.15) is 13.2 Å². The Labute approximate surface area is 99.4 Å². The van der Waals surface area contributed by atoms with Crippen LogP contribution in [-0.2, 0) is 0 Å². The van der Waals surface area contributed by atoms with Gasteiger partial charge in [0.2, 0.25) is 5.82 Å². The fourth-order valence-electron chi connectivity index (χ4n) is 1.84. The molecule has 0 radical (unpaired) electrons. The Hall–Kier alpha value is -1.98. The first-order valence-electron chi connectivity index (χ1n) is 4.96. The molecule has 0 heterocycles. The molecule has 0 aliphatic rings. The van der Waals surface area contributed by atoms with Crippen LogP contribution in [0.15, 0.2) is 18.2 Å². The highest BCUT2D eigenvalue weighted by Gasteiger charge is 2.20. The molecule has 0 unspecified atom stereocenters. The van der Waals surface area contributed by atoms with E-state index in [9.17, 15) is 22.7 Å². The summed E-state index contributed by atoms with van der Waals surface area (Å²) in [5.41, 5.74) is 0.305. The molecule has 18 heavy (non-hydrogen) atoms. The molecule has 0 atom stereocenters. The van der Waals surface area contributed by atoms with E-state index in [1.54, 1.807) is 0 Å². The van der Waals surface area contributed by atoms with Crippen molar-refractivity contribution in [3.63, 3.8) is 0 Å². The van der Waals surface area contributed by atoms with Crippen LogP contribution < -0.4 is 4.74 Å². The second-order valence-electron chi connectivity index (χ2n) is 3.74. The van der Waals surface area contributed by atoms with Gasteiger partial charge in [0.15, 0.2) is 11.6 Å². The number of phenols is 1. The lowest BCUT2D eigenvalue weighted by molar-refractivity contribution is -0.0513. The van der Waals surface area contributed by atoms with Crippen molar-refractivity contribution in [3.8, 4) is 11.5 Å². The predicted octanol–water partition coefficient (Wildman–Crippen LogP) is 3.73. The fourth-order valence-corrected chi connectivity index (χ4v) is 1.84. The largest absolute Gasteiger partial charge is 0.508 e. The zero-order valence-corrected chi connectivity index (χ0v) is 9.18. The van der Waals surface area contributed by atoms with E-state index in [4.69, 9.17) is 0 Å². The van der Waals surface area contributed by atoms with Crippen LogP contribution in [0.25, 0.3) is 10.8 Å². The normalized spacial score (nSPS) is 11.2. The second kappa shape index (κ2) is 4.36. The number of aromatic hydroxyl groups is 1. The number of alkyl halides is 2. The fraction of sp³-hybridized carbons (Fsp3) is 0.167. The van der Waals surface area contributed by atoms with Crippen LogP contribution in [0.3, 0.4) is 0 Å². The average Bonchev–Trinajstić information content (AvgIpc) is 2.23. The molecule has 2 nitrogen and oxygen atoms in total. The maximum Gasteiger partial charge on any atom is 0.387 e. The third-order valence-electron chi connectivity index (χ3n) is 2.48. The summed E-state index contributed by atoms with van der Waals surface area (Å²) in [5, 5.41) is 9.43. The smallest absolute Gasteiger partial charge is 0.387 e. The molecule has 0 fully saturated rings. The Kier molecular flexibility index (Phi) is 3.02. The topological polar surface area (TPSA) is 29.5 Å². The molecule has 2 aromatic rings. The van der Waals surface area contributed by atoms with Crippen molar-refractivity contribution < 1.29 is 27.4 Å². The maximum atomic E-state index is 13.5. The summed E-state index contributed by atoms with van der Waals surface area (Å²) in [6, 6.07) is 3.21. The summed E-state index contributed by atoms with van der Waals surface area (Å²) in [4.78, 5) is 0. The third kappa shape index (κ3) is 2.05. The Morgan fingerprint density at radius 3 is 2.44 bits per heavy atom. The lowest BCUT2D eigenvalue weighted by atomic mass is 10.0. The molecule has 0 spiro atoms. The number of phenolic OH excluding ortho intramolecular Hbond substituents is 1. The summed E-state index contributed by atoms with van der Waals surface area (Å²) >= 11 is 0. The van der Waals surface area contributed by atoms with Crippen LogP contribution in [-0.4, -0.2) is 11.7 Å². The SMILES string of the molecule is Cc1cc(O)cc2cc(F)c(F)c(OC(F)F)c12. The number of halogens is 4. The Morgan fingerprint density at radius 2 is 1.83 bits per heavy atom. The minimum absolute atomic E-state index is 0.00648. The van der Waals surface area contributed by atoms with Crippen LogP contribution in [0, 0.1) is 18.6 Å². The standard InChI is InChI=1S/C12H8F4O2/c1-5-2-7(17)3-6-4-8(13)10(14)11(9(5)6)18-12(15)16/h2-4,12,17H,1H3. The molecular weight excluding hydrogens is 252 g/mol. The monoisotopic (exact) mass is 260 g/mol. The third-order valence-corrected chi connectivity index (χ3v) is 2.48. The molecule has 0 aromatic heterocycles. The van der Waals surface area contributed by atoms with Crippen molar-refractivity contribution in [3.05, 3.63) is 35.4 Å². The van der Waals surface area contributed by atoms with Gasteiger partial charge in [-0.15, -0.1) is 0 Å². The van der Waals surface area contributed by atoms with Crippen molar-refractivity contribution in [2.45, 2.75) is 13.5 Å². The van der Waals surface area contributed by atoms with E-state index >= 15 is 0 Å². The maximum absolute atomic E-state index is 13.5. The van der Waals surface area contributed by atoms with Gasteiger partial charge in [0, 0.05) is 5.39 Å². The van der Waals surface area contributed by atoms with Gasteiger partial charge in [-0.1, -0.05) is 0 Å². The number of ether oxygens (including phenoxy) is 1. The van der Waals surface area contributed by atoms with Gasteiger partial charge < -0.3 is 9.84 Å². The molecule has 1 N–H and O–H groups in total. The molecular formula is C12H8F4O2. The number of rotatable bonds is 2. The minimum Gasteiger partial charge on any atom is -0.508 e. The quantitative estimate of drug-likeness (QED) is 0.833. The van der Waals surface area contributed by atoms with Crippen LogP contribution in [0.5, 0.6) is 11.5 Å². The van der Waals surface area contributed by atoms with E-state index in [-0.39, 0.29) is 16.5 Å². The Bertz CT molecular complexity index is 611. The number of benzene rings is 2. The van der Waals surface area contributed by atoms with Gasteiger partial charge >= 0.3 is 6.61 Å². The van der Waals surface area contributed by atoms with E-state index in [0.717, 1.165) is 12.1 Å². The molecule has 2 aromatic carbocycles. The second-order valence-corrected chi connectivity index (χ2v) is 3.74. The average molecular weight is 260 g/mol. The van der Waals surface area contributed by atoms with E-state index in [2.05, 4.69) is 4.74 Å². The molecule has 0 aliphatic carbocycles. The summed E-state index contributed by atoms with van der Waals surface area (Å²) in [6.45, 7) is -1.80. The van der Waals surface area contributed by atoms with Crippen LogP contribution in [0.2, 0.25) is 0 Å². The number of hydrogen-bond acceptors (Lipinski definition) is 2. The van der Waals surface area contributed by atoms with E-state index in [1.165, 1.54) is 13.0 Å². The van der Waals surface area contributed by atoms with E-state index in [1.807, 2.05) is 0 Å². The zero-order valence-electron chi connectivity index (χ0n) is 9.18. The molecule has 0 bridgehead atoms. The highest BCUT2D eigenvalue weighted by atomic mass is 19.3. The van der Waals surface area contributed by atoms with Crippen LogP contribution in [0.4, 0.5) is 17.6 Å². The summed E-state index contributed by atoms with van der Waals surface area (Å²) < 4.78 is 55.2. The van der Waals surface area contributed by atoms with Crippen LogP contribution >= 0.6 is 0 Å². The highest BCUT2D eigenvalue weighted by Crippen LogP contribution is 2.36. The van der Waals surface area contributed by atoms with Gasteiger partial charge in [-0.25, -0.2) is 4.39 Å². The van der Waals surface area contributed by atoms with Gasteiger partial charge in [0.25, 0.3) is 0 Å². The molecule has 0 aliphatic heterocycles. The van der Waals surface area contributed by atoms with Gasteiger partial charge in [0.05, 0.1) is 0 Å². The molecule has 0 saturated heterocycles. The van der Waals surface area contributed by atoms with Gasteiger partial charge in [0.1, 0.15) is 5.75 Å². The number of hydrogen-bond donors (Lipinski definition) is 1.